The molecule has 9 heteroatoms. The molecule has 2 unspecified atom stereocenters. The van der Waals surface area contributed by atoms with Crippen LogP contribution in [-0.2, 0) is 14.2 Å². The number of ether oxygens (including phenoxy) is 2. The zero-order valence-electron chi connectivity index (χ0n) is 16.2. The van der Waals surface area contributed by atoms with Crippen molar-refractivity contribution < 1.29 is 28.8 Å². The zero-order chi connectivity index (χ0) is 20.0. The fourth-order valence-corrected chi connectivity index (χ4v) is 2.69. The summed E-state index contributed by atoms with van der Waals surface area (Å²) in [6, 6.07) is 5.47. The SMILES string of the molecule is CC(=O)NCCCOc1cccc2c1BOC2C(O)NC(=O)OC(C)(C)C. The van der Waals surface area contributed by atoms with Crippen LogP contribution >= 0.6 is 0 Å². The third kappa shape index (κ3) is 6.44. The van der Waals surface area contributed by atoms with Gasteiger partial charge in [0.15, 0.2) is 6.23 Å². The van der Waals surface area contributed by atoms with E-state index >= 15 is 0 Å². The summed E-state index contributed by atoms with van der Waals surface area (Å²) in [7, 11) is 0.273. The molecule has 0 spiro atoms. The Bertz CT molecular complexity index is 676. The molecule has 27 heavy (non-hydrogen) atoms. The number of carbonyl (C=O) groups is 2. The zero-order valence-corrected chi connectivity index (χ0v) is 16.2. The molecule has 148 valence electrons. The number of hydrogen-bond acceptors (Lipinski definition) is 6. The fourth-order valence-electron chi connectivity index (χ4n) is 2.69. The van der Waals surface area contributed by atoms with Gasteiger partial charge in [0.25, 0.3) is 0 Å². The van der Waals surface area contributed by atoms with E-state index < -0.39 is 24.0 Å². The van der Waals surface area contributed by atoms with Gasteiger partial charge in [-0.2, -0.15) is 0 Å². The Kier molecular flexibility index (Phi) is 7.09. The maximum absolute atomic E-state index is 11.9. The van der Waals surface area contributed by atoms with Crippen LogP contribution in [0.3, 0.4) is 0 Å². The lowest BCUT2D eigenvalue weighted by molar-refractivity contribution is -0.118. The maximum Gasteiger partial charge on any atom is 0.409 e. The lowest BCUT2D eigenvalue weighted by atomic mass is 9.85. The van der Waals surface area contributed by atoms with Gasteiger partial charge in [-0.25, -0.2) is 4.79 Å². The Morgan fingerprint density at radius 1 is 1.37 bits per heavy atom. The van der Waals surface area contributed by atoms with Crippen molar-refractivity contribution in [2.75, 3.05) is 13.2 Å². The van der Waals surface area contributed by atoms with Gasteiger partial charge in [-0.1, -0.05) is 12.1 Å². The second-order valence-corrected chi connectivity index (χ2v) is 7.33. The summed E-state index contributed by atoms with van der Waals surface area (Å²) in [5, 5.41) is 15.4. The predicted molar refractivity (Wildman–Crippen MR) is 101 cm³/mol. The molecular formula is C18H27BN2O6. The summed E-state index contributed by atoms with van der Waals surface area (Å²) < 4.78 is 16.6. The molecule has 2 atom stereocenters. The van der Waals surface area contributed by atoms with Gasteiger partial charge in [-0.15, -0.1) is 0 Å². The topological polar surface area (TPSA) is 106 Å². The van der Waals surface area contributed by atoms with Crippen LogP contribution in [0.25, 0.3) is 0 Å². The first-order chi connectivity index (χ1) is 12.7. The number of hydrogen-bond donors (Lipinski definition) is 3. The first-order valence-electron chi connectivity index (χ1n) is 8.95. The molecule has 0 fully saturated rings. The largest absolute Gasteiger partial charge is 0.494 e. The molecule has 0 aliphatic carbocycles. The molecule has 1 aromatic carbocycles. The smallest absolute Gasteiger partial charge is 0.409 e. The molecule has 0 radical (unpaired) electrons. The Hall–Kier alpha value is -2.26. The summed E-state index contributed by atoms with van der Waals surface area (Å²) in [6.45, 7) is 7.70. The molecule has 0 saturated carbocycles. The molecule has 0 aromatic heterocycles. The normalized spacial score (nSPS) is 16.7. The van der Waals surface area contributed by atoms with E-state index in [9.17, 15) is 14.7 Å². The highest BCUT2D eigenvalue weighted by molar-refractivity contribution is 6.50. The van der Waals surface area contributed by atoms with Crippen LogP contribution in [0.5, 0.6) is 5.75 Å². The summed E-state index contributed by atoms with van der Waals surface area (Å²) in [5.41, 5.74) is 0.946. The number of aliphatic hydroxyl groups is 1. The fraction of sp³-hybridized carbons (Fsp3) is 0.556. The van der Waals surface area contributed by atoms with Crippen LogP contribution in [-0.4, -0.2) is 49.6 Å². The van der Waals surface area contributed by atoms with Crippen LogP contribution in [0, 0.1) is 0 Å². The van der Waals surface area contributed by atoms with E-state index in [1.165, 1.54) is 6.92 Å². The Morgan fingerprint density at radius 3 is 2.78 bits per heavy atom. The molecule has 0 bridgehead atoms. The van der Waals surface area contributed by atoms with Crippen molar-refractivity contribution in [1.29, 1.82) is 0 Å². The quantitative estimate of drug-likeness (QED) is 0.362. The van der Waals surface area contributed by atoms with Crippen molar-refractivity contribution >= 4 is 24.9 Å². The van der Waals surface area contributed by atoms with Gasteiger partial charge in [0.05, 0.1) is 6.61 Å². The Morgan fingerprint density at radius 2 is 2.11 bits per heavy atom. The molecule has 3 N–H and O–H groups in total. The van der Waals surface area contributed by atoms with Crippen molar-refractivity contribution in [1.82, 2.24) is 10.6 Å². The second-order valence-electron chi connectivity index (χ2n) is 7.33. The molecule has 1 aliphatic rings. The first-order valence-corrected chi connectivity index (χ1v) is 8.95. The number of rotatable bonds is 7. The second kappa shape index (κ2) is 9.10. The van der Waals surface area contributed by atoms with E-state index in [2.05, 4.69) is 10.6 Å². The third-order valence-electron chi connectivity index (χ3n) is 3.79. The number of benzene rings is 1. The van der Waals surface area contributed by atoms with Crippen LogP contribution in [0.1, 0.15) is 45.8 Å². The van der Waals surface area contributed by atoms with Gasteiger partial charge < -0.3 is 24.6 Å². The minimum atomic E-state index is -1.24. The number of amides is 2. The highest BCUT2D eigenvalue weighted by Gasteiger charge is 2.34. The van der Waals surface area contributed by atoms with Crippen molar-refractivity contribution in [3.05, 3.63) is 23.8 Å². The first kappa shape index (κ1) is 21.0. The van der Waals surface area contributed by atoms with Gasteiger partial charge in [0.2, 0.25) is 5.91 Å². The van der Waals surface area contributed by atoms with Crippen LogP contribution in [0.15, 0.2) is 18.2 Å². The summed E-state index contributed by atoms with van der Waals surface area (Å²) in [6.07, 6.45) is -1.97. The average Bonchev–Trinajstić information content (AvgIpc) is 2.97. The lowest BCUT2D eigenvalue weighted by Crippen LogP contribution is -2.42. The monoisotopic (exact) mass is 378 g/mol. The lowest BCUT2D eigenvalue weighted by Gasteiger charge is -2.24. The van der Waals surface area contributed by atoms with E-state index in [1.54, 1.807) is 20.8 Å². The third-order valence-corrected chi connectivity index (χ3v) is 3.79. The summed E-state index contributed by atoms with van der Waals surface area (Å²) >= 11 is 0. The number of alkyl carbamates (subject to hydrolysis) is 1. The maximum atomic E-state index is 11.9. The molecule has 2 rings (SSSR count). The van der Waals surface area contributed by atoms with Crippen LogP contribution < -0.4 is 20.8 Å². The molecule has 1 aliphatic heterocycles. The average molecular weight is 378 g/mol. The number of carbonyl (C=O) groups excluding carboxylic acids is 2. The van der Waals surface area contributed by atoms with Crippen molar-refractivity contribution in [3.8, 4) is 5.75 Å². The highest BCUT2D eigenvalue weighted by Crippen LogP contribution is 2.27. The highest BCUT2D eigenvalue weighted by atomic mass is 16.6. The minimum Gasteiger partial charge on any atom is -0.494 e. The van der Waals surface area contributed by atoms with Crippen molar-refractivity contribution in [2.24, 2.45) is 0 Å². The Balaban J connectivity index is 1.94. The van der Waals surface area contributed by atoms with Gasteiger partial charge in [-0.3, -0.25) is 10.1 Å². The molecular weight excluding hydrogens is 351 g/mol. The molecule has 1 heterocycles. The van der Waals surface area contributed by atoms with Crippen molar-refractivity contribution in [2.45, 2.75) is 52.0 Å². The number of nitrogens with one attached hydrogen (secondary N) is 2. The molecule has 2 amide bonds. The molecule has 8 nitrogen and oxygen atoms in total. The standard InChI is InChI=1S/C18H27BN2O6/c1-11(22)20-9-6-10-25-13-8-5-7-12-14(13)19-27-15(12)16(23)21-17(24)26-18(2,3)4/h5,7-8,15-16,19,23H,6,9-10H2,1-4H3,(H,20,22)(H,21,24). The minimum absolute atomic E-state index is 0.0710. The summed E-state index contributed by atoms with van der Waals surface area (Å²) in [5.74, 6) is 0.598. The van der Waals surface area contributed by atoms with E-state index in [1.807, 2.05) is 18.2 Å². The number of aliphatic hydroxyl groups excluding tert-OH is 1. The van der Waals surface area contributed by atoms with Crippen molar-refractivity contribution in [3.63, 3.8) is 0 Å². The van der Waals surface area contributed by atoms with Gasteiger partial charge in [0, 0.05) is 13.5 Å². The van der Waals surface area contributed by atoms with Crippen LogP contribution in [0.4, 0.5) is 4.79 Å². The van der Waals surface area contributed by atoms with Gasteiger partial charge >= 0.3 is 13.6 Å². The van der Waals surface area contributed by atoms with E-state index in [-0.39, 0.29) is 13.4 Å². The van der Waals surface area contributed by atoms with Crippen LogP contribution in [0.2, 0.25) is 0 Å². The Labute approximate surface area is 159 Å². The van der Waals surface area contributed by atoms with E-state index in [4.69, 9.17) is 14.1 Å². The van der Waals surface area contributed by atoms with E-state index in [0.717, 1.165) is 11.0 Å². The van der Waals surface area contributed by atoms with Gasteiger partial charge in [0.1, 0.15) is 17.5 Å². The van der Waals surface area contributed by atoms with E-state index in [0.29, 0.717) is 25.3 Å². The predicted octanol–water partition coefficient (Wildman–Crippen LogP) is 0.483. The summed E-state index contributed by atoms with van der Waals surface area (Å²) in [4.78, 5) is 22.7. The van der Waals surface area contributed by atoms with Gasteiger partial charge in [-0.05, 0) is 44.3 Å². The number of fused-ring (bicyclic) bond motifs is 1. The molecule has 0 saturated heterocycles. The molecule has 1 aromatic rings.